The first-order valence-electron chi connectivity index (χ1n) is 5.91. The molecule has 2 aliphatic carbocycles. The van der Waals surface area contributed by atoms with Crippen molar-refractivity contribution in [1.29, 1.82) is 0 Å². The molecular weight excluding hydrogens is 156 g/mol. The van der Waals surface area contributed by atoms with Gasteiger partial charge in [-0.25, -0.2) is 0 Å². The lowest BCUT2D eigenvalue weighted by Crippen LogP contribution is -2.21. The summed E-state index contributed by atoms with van der Waals surface area (Å²) in [6, 6.07) is 0. The van der Waals surface area contributed by atoms with E-state index in [0.717, 1.165) is 11.3 Å². The monoisotopic (exact) mass is 178 g/mol. The first-order valence-corrected chi connectivity index (χ1v) is 5.91. The van der Waals surface area contributed by atoms with Crippen LogP contribution in [0.3, 0.4) is 0 Å². The lowest BCUT2D eigenvalue weighted by Gasteiger charge is -2.34. The lowest BCUT2D eigenvalue weighted by atomic mass is 9.71. The first kappa shape index (κ1) is 9.30. The van der Waals surface area contributed by atoms with Gasteiger partial charge in [-0.1, -0.05) is 44.8 Å². The van der Waals surface area contributed by atoms with E-state index in [0.29, 0.717) is 0 Å². The molecule has 2 aliphatic rings. The fraction of sp³-hybridized carbons (Fsp3) is 0.846. The Morgan fingerprint density at radius 3 is 2.38 bits per heavy atom. The van der Waals surface area contributed by atoms with Gasteiger partial charge in [-0.05, 0) is 37.0 Å². The Morgan fingerprint density at radius 2 is 1.85 bits per heavy atom. The van der Waals surface area contributed by atoms with Crippen molar-refractivity contribution in [3.8, 4) is 0 Å². The summed E-state index contributed by atoms with van der Waals surface area (Å²) in [6.45, 7) is 4.68. The molecule has 0 atom stereocenters. The Kier molecular flexibility index (Phi) is 2.49. The van der Waals surface area contributed by atoms with Gasteiger partial charge in [0.15, 0.2) is 0 Å². The van der Waals surface area contributed by atoms with E-state index in [-0.39, 0.29) is 0 Å². The largest absolute Gasteiger partial charge is 0.0845 e. The Morgan fingerprint density at radius 1 is 1.15 bits per heavy atom. The van der Waals surface area contributed by atoms with E-state index in [4.69, 9.17) is 0 Å². The molecule has 0 aromatic rings. The molecule has 0 aromatic carbocycles. The molecule has 2 rings (SSSR count). The average Bonchev–Trinajstić information content (AvgIpc) is 2.51. The van der Waals surface area contributed by atoms with Crippen molar-refractivity contribution >= 4 is 0 Å². The van der Waals surface area contributed by atoms with Gasteiger partial charge in [0.05, 0.1) is 0 Å². The van der Waals surface area contributed by atoms with Crippen LogP contribution < -0.4 is 0 Å². The zero-order valence-electron chi connectivity index (χ0n) is 9.10. The van der Waals surface area contributed by atoms with Crippen molar-refractivity contribution in [2.45, 2.75) is 58.8 Å². The maximum Gasteiger partial charge on any atom is -0.0226 e. The van der Waals surface area contributed by atoms with Gasteiger partial charge in [-0.2, -0.15) is 0 Å². The van der Waals surface area contributed by atoms with E-state index in [2.05, 4.69) is 19.9 Å². The van der Waals surface area contributed by atoms with Crippen molar-refractivity contribution in [3.05, 3.63) is 11.6 Å². The molecule has 0 bridgehead atoms. The summed E-state index contributed by atoms with van der Waals surface area (Å²) in [4.78, 5) is 0. The van der Waals surface area contributed by atoms with Crippen LogP contribution in [-0.2, 0) is 0 Å². The van der Waals surface area contributed by atoms with Crippen LogP contribution in [-0.4, -0.2) is 0 Å². The number of rotatable bonds is 1. The van der Waals surface area contributed by atoms with E-state index in [1.165, 1.54) is 44.9 Å². The summed E-state index contributed by atoms with van der Waals surface area (Å²) in [5.41, 5.74) is 2.47. The van der Waals surface area contributed by atoms with Crippen molar-refractivity contribution in [3.63, 3.8) is 0 Å². The fourth-order valence-corrected chi connectivity index (χ4v) is 3.05. The van der Waals surface area contributed by atoms with Crippen molar-refractivity contribution < 1.29 is 0 Å². The minimum absolute atomic E-state index is 0.734. The Bertz CT molecular complexity index is 204. The maximum absolute atomic E-state index is 2.54. The molecule has 74 valence electrons. The molecule has 1 spiro atoms. The second-order valence-corrected chi connectivity index (χ2v) is 5.38. The normalized spacial score (nSPS) is 26.8. The number of hydrogen-bond donors (Lipinski definition) is 0. The van der Waals surface area contributed by atoms with Crippen LogP contribution in [0, 0.1) is 11.3 Å². The third-order valence-corrected chi connectivity index (χ3v) is 4.03. The zero-order chi connectivity index (χ0) is 9.31. The third-order valence-electron chi connectivity index (χ3n) is 4.03. The van der Waals surface area contributed by atoms with Gasteiger partial charge in [0.2, 0.25) is 0 Å². The molecule has 0 saturated heterocycles. The second-order valence-electron chi connectivity index (χ2n) is 5.38. The van der Waals surface area contributed by atoms with Gasteiger partial charge in [-0.15, -0.1) is 0 Å². The fourth-order valence-electron chi connectivity index (χ4n) is 3.05. The molecule has 1 saturated carbocycles. The predicted molar refractivity (Wildman–Crippen MR) is 57.7 cm³/mol. The first-order chi connectivity index (χ1) is 6.22. The number of hydrogen-bond acceptors (Lipinski definition) is 0. The van der Waals surface area contributed by atoms with Gasteiger partial charge in [0.1, 0.15) is 0 Å². The smallest absolute Gasteiger partial charge is 0.0226 e. The molecule has 13 heavy (non-hydrogen) atoms. The van der Waals surface area contributed by atoms with Crippen LogP contribution in [0.4, 0.5) is 0 Å². The molecule has 0 aromatic heterocycles. The molecule has 1 fully saturated rings. The minimum atomic E-state index is 0.734. The average molecular weight is 178 g/mol. The number of allylic oxidation sites excluding steroid dienone is 2. The molecule has 0 nitrogen and oxygen atoms in total. The van der Waals surface area contributed by atoms with E-state index < -0.39 is 0 Å². The summed E-state index contributed by atoms with van der Waals surface area (Å²) in [5, 5.41) is 0. The topological polar surface area (TPSA) is 0 Å². The summed E-state index contributed by atoms with van der Waals surface area (Å²) < 4.78 is 0. The van der Waals surface area contributed by atoms with Gasteiger partial charge in [-0.3, -0.25) is 0 Å². The highest BCUT2D eigenvalue weighted by Crippen LogP contribution is 2.49. The van der Waals surface area contributed by atoms with Crippen LogP contribution >= 0.6 is 0 Å². The van der Waals surface area contributed by atoms with Crippen LogP contribution in [0.15, 0.2) is 11.6 Å². The maximum atomic E-state index is 2.54. The van der Waals surface area contributed by atoms with Crippen molar-refractivity contribution in [1.82, 2.24) is 0 Å². The highest BCUT2D eigenvalue weighted by Gasteiger charge is 2.35. The summed E-state index contributed by atoms with van der Waals surface area (Å²) in [6.07, 6.45) is 12.8. The molecule has 0 heteroatoms. The van der Waals surface area contributed by atoms with E-state index in [1.807, 2.05) is 0 Å². The van der Waals surface area contributed by atoms with Crippen LogP contribution in [0.2, 0.25) is 0 Å². The van der Waals surface area contributed by atoms with Gasteiger partial charge in [0, 0.05) is 0 Å². The van der Waals surface area contributed by atoms with Crippen LogP contribution in [0.1, 0.15) is 58.8 Å². The summed E-state index contributed by atoms with van der Waals surface area (Å²) >= 11 is 0. The van der Waals surface area contributed by atoms with Crippen molar-refractivity contribution in [2.24, 2.45) is 11.3 Å². The predicted octanol–water partition coefficient (Wildman–Crippen LogP) is 4.31. The highest BCUT2D eigenvalue weighted by molar-refractivity contribution is 5.17. The van der Waals surface area contributed by atoms with Gasteiger partial charge >= 0.3 is 0 Å². The second kappa shape index (κ2) is 3.48. The molecule has 0 amide bonds. The summed E-state index contributed by atoms with van der Waals surface area (Å²) in [5.74, 6) is 0.793. The van der Waals surface area contributed by atoms with E-state index in [1.54, 1.807) is 5.57 Å². The third kappa shape index (κ3) is 1.82. The standard InChI is InChI=1S/C13H22/c1-11(2)12-6-9-13(10-12)7-4-3-5-8-13/h6,11H,3-5,7-10H2,1-2H3. The van der Waals surface area contributed by atoms with Crippen molar-refractivity contribution in [2.75, 3.05) is 0 Å². The highest BCUT2D eigenvalue weighted by atomic mass is 14.4. The SMILES string of the molecule is CC(C)C1=CCC2(CCCCC2)C1. The molecule has 0 aliphatic heterocycles. The molecule has 0 N–H and O–H groups in total. The Balaban J connectivity index is 1.99. The minimum Gasteiger partial charge on any atom is -0.0845 e. The molecule has 0 heterocycles. The summed E-state index contributed by atoms with van der Waals surface area (Å²) in [7, 11) is 0. The van der Waals surface area contributed by atoms with Gasteiger partial charge < -0.3 is 0 Å². The Labute approximate surface area is 82.4 Å². The molecular formula is C13H22. The van der Waals surface area contributed by atoms with Crippen LogP contribution in [0.25, 0.3) is 0 Å². The molecule has 0 unspecified atom stereocenters. The lowest BCUT2D eigenvalue weighted by molar-refractivity contribution is 0.201. The van der Waals surface area contributed by atoms with E-state index >= 15 is 0 Å². The van der Waals surface area contributed by atoms with E-state index in [9.17, 15) is 0 Å². The van der Waals surface area contributed by atoms with Gasteiger partial charge in [0.25, 0.3) is 0 Å². The van der Waals surface area contributed by atoms with Crippen LogP contribution in [0.5, 0.6) is 0 Å². The zero-order valence-corrected chi connectivity index (χ0v) is 9.10. The Hall–Kier alpha value is -0.260. The molecule has 0 radical (unpaired) electrons. The quantitative estimate of drug-likeness (QED) is 0.525.